The summed E-state index contributed by atoms with van der Waals surface area (Å²) in [7, 11) is 0. The van der Waals surface area contributed by atoms with Gasteiger partial charge in [0.2, 0.25) is 5.78 Å². The lowest BCUT2D eigenvalue weighted by molar-refractivity contribution is 0.0475. The standard InChI is InChI=1S/C17H14BrNO3S3/c18-15-6-5-14(25-15)13(20)9-22-16(21)12-4-2-1-3-11(12)10-24-17-19-7-8-23-17/h1-6H,7-10H2. The fourth-order valence-corrected chi connectivity index (χ4v) is 5.46. The molecule has 0 saturated heterocycles. The Morgan fingerprint density at radius 3 is 2.80 bits per heavy atom. The fourth-order valence-electron chi connectivity index (χ4n) is 2.13. The number of carbonyl (C=O) groups is 2. The lowest BCUT2D eigenvalue weighted by Gasteiger charge is -2.09. The number of thiophene rings is 1. The zero-order chi connectivity index (χ0) is 17.6. The Bertz CT molecular complexity index is 819. The normalized spacial score (nSPS) is 13.6. The summed E-state index contributed by atoms with van der Waals surface area (Å²) in [5, 5.41) is 0. The van der Waals surface area contributed by atoms with Crippen molar-refractivity contribution in [1.82, 2.24) is 0 Å². The molecule has 0 amide bonds. The number of ketones is 1. The summed E-state index contributed by atoms with van der Waals surface area (Å²) in [5.74, 6) is 1.00. The van der Waals surface area contributed by atoms with Crippen molar-refractivity contribution in [3.8, 4) is 0 Å². The molecule has 0 unspecified atom stereocenters. The molecule has 3 rings (SSSR count). The van der Waals surface area contributed by atoms with Gasteiger partial charge in [0.05, 0.1) is 20.8 Å². The first-order chi connectivity index (χ1) is 12.1. The first kappa shape index (κ1) is 18.7. The van der Waals surface area contributed by atoms with Crippen molar-refractivity contribution in [2.45, 2.75) is 5.75 Å². The first-order valence-corrected chi connectivity index (χ1v) is 11.0. The molecule has 25 heavy (non-hydrogen) atoms. The summed E-state index contributed by atoms with van der Waals surface area (Å²) in [4.78, 5) is 29.4. The van der Waals surface area contributed by atoms with Crippen molar-refractivity contribution in [3.05, 3.63) is 56.2 Å². The summed E-state index contributed by atoms with van der Waals surface area (Å²) >= 11 is 8.01. The van der Waals surface area contributed by atoms with E-state index in [4.69, 9.17) is 4.74 Å². The molecule has 0 aliphatic carbocycles. The van der Waals surface area contributed by atoms with Crippen LogP contribution in [0.3, 0.4) is 0 Å². The van der Waals surface area contributed by atoms with E-state index >= 15 is 0 Å². The van der Waals surface area contributed by atoms with Gasteiger partial charge in [0.25, 0.3) is 0 Å². The quantitative estimate of drug-likeness (QED) is 0.458. The van der Waals surface area contributed by atoms with E-state index in [1.807, 2.05) is 12.1 Å². The molecule has 0 radical (unpaired) electrons. The number of ether oxygens (including phenoxy) is 1. The van der Waals surface area contributed by atoms with Gasteiger partial charge < -0.3 is 4.74 Å². The minimum atomic E-state index is -0.471. The zero-order valence-electron chi connectivity index (χ0n) is 13.1. The van der Waals surface area contributed by atoms with Gasteiger partial charge in [-0.3, -0.25) is 9.79 Å². The average Bonchev–Trinajstić information content (AvgIpc) is 3.29. The maximum atomic E-state index is 12.4. The van der Waals surface area contributed by atoms with E-state index in [1.54, 1.807) is 47.8 Å². The van der Waals surface area contributed by atoms with Gasteiger partial charge in [0, 0.05) is 11.5 Å². The second kappa shape index (κ2) is 9.02. The first-order valence-electron chi connectivity index (χ1n) is 7.47. The van der Waals surface area contributed by atoms with Crippen LogP contribution in [0, 0.1) is 0 Å². The van der Waals surface area contributed by atoms with Crippen LogP contribution in [0.25, 0.3) is 0 Å². The third-order valence-corrected chi connectivity index (χ3v) is 7.29. The highest BCUT2D eigenvalue weighted by atomic mass is 79.9. The predicted molar refractivity (Wildman–Crippen MR) is 109 cm³/mol. The topological polar surface area (TPSA) is 55.7 Å². The number of hydrogen-bond acceptors (Lipinski definition) is 7. The van der Waals surface area contributed by atoms with Crippen LogP contribution >= 0.6 is 50.8 Å². The molecule has 0 atom stereocenters. The Kier molecular flexibility index (Phi) is 6.75. The molecule has 4 nitrogen and oxygen atoms in total. The van der Waals surface area contributed by atoms with Gasteiger partial charge in [-0.2, -0.15) is 0 Å². The van der Waals surface area contributed by atoms with Gasteiger partial charge in [-0.1, -0.05) is 41.7 Å². The van der Waals surface area contributed by atoms with Crippen molar-refractivity contribution in [2.24, 2.45) is 4.99 Å². The molecular formula is C17H14BrNO3S3. The van der Waals surface area contributed by atoms with Crippen molar-refractivity contribution >= 4 is 66.9 Å². The lowest BCUT2D eigenvalue weighted by Crippen LogP contribution is -2.14. The van der Waals surface area contributed by atoms with Gasteiger partial charge >= 0.3 is 5.97 Å². The van der Waals surface area contributed by atoms with Gasteiger partial charge in [0.15, 0.2) is 6.61 Å². The van der Waals surface area contributed by atoms with E-state index in [0.717, 1.165) is 26.0 Å². The molecule has 2 aromatic rings. The summed E-state index contributed by atoms with van der Waals surface area (Å²) in [6, 6.07) is 10.8. The van der Waals surface area contributed by atoms with E-state index in [9.17, 15) is 9.59 Å². The van der Waals surface area contributed by atoms with Crippen LogP contribution in [0.1, 0.15) is 25.6 Å². The van der Waals surface area contributed by atoms with Crippen molar-refractivity contribution in [1.29, 1.82) is 0 Å². The number of nitrogens with zero attached hydrogens (tertiary/aromatic N) is 1. The van der Waals surface area contributed by atoms with Gasteiger partial charge in [-0.05, 0) is 39.7 Å². The van der Waals surface area contributed by atoms with Crippen LogP contribution in [-0.4, -0.2) is 35.0 Å². The molecule has 0 saturated carbocycles. The average molecular weight is 456 g/mol. The third kappa shape index (κ3) is 5.20. The molecular weight excluding hydrogens is 442 g/mol. The molecule has 130 valence electrons. The predicted octanol–water partition coefficient (Wildman–Crippen LogP) is 4.89. The van der Waals surface area contributed by atoms with E-state index < -0.39 is 5.97 Å². The molecule has 1 aliphatic heterocycles. The zero-order valence-corrected chi connectivity index (χ0v) is 17.1. The fraction of sp³-hybridized carbons (Fsp3) is 0.235. The van der Waals surface area contributed by atoms with Crippen LogP contribution in [0.5, 0.6) is 0 Å². The summed E-state index contributed by atoms with van der Waals surface area (Å²) in [5.41, 5.74) is 1.39. The second-order valence-corrected chi connectivity index (χ2v) is 9.81. The summed E-state index contributed by atoms with van der Waals surface area (Å²) in [6.07, 6.45) is 0. The van der Waals surface area contributed by atoms with Gasteiger partial charge in [0.1, 0.15) is 4.38 Å². The number of aliphatic imine (C=N–C) groups is 1. The Morgan fingerprint density at radius 1 is 1.24 bits per heavy atom. The van der Waals surface area contributed by atoms with Crippen LogP contribution in [0.2, 0.25) is 0 Å². The van der Waals surface area contributed by atoms with E-state index in [1.165, 1.54) is 11.3 Å². The minimum Gasteiger partial charge on any atom is -0.454 e. The van der Waals surface area contributed by atoms with Crippen molar-refractivity contribution in [3.63, 3.8) is 0 Å². The Hall–Kier alpha value is -1.09. The molecule has 1 aromatic heterocycles. The molecule has 1 aliphatic rings. The summed E-state index contributed by atoms with van der Waals surface area (Å²) < 4.78 is 7.15. The van der Waals surface area contributed by atoms with Crippen molar-refractivity contribution < 1.29 is 14.3 Å². The molecule has 0 spiro atoms. The van der Waals surface area contributed by atoms with Gasteiger partial charge in [-0.15, -0.1) is 11.3 Å². The highest BCUT2D eigenvalue weighted by Crippen LogP contribution is 2.27. The van der Waals surface area contributed by atoms with Crippen LogP contribution < -0.4 is 0 Å². The minimum absolute atomic E-state index is 0.201. The highest BCUT2D eigenvalue weighted by molar-refractivity contribution is 9.11. The van der Waals surface area contributed by atoms with E-state index in [0.29, 0.717) is 16.2 Å². The van der Waals surface area contributed by atoms with E-state index in [-0.39, 0.29) is 12.4 Å². The number of esters is 1. The Morgan fingerprint density at radius 2 is 2.08 bits per heavy atom. The number of thioether (sulfide) groups is 2. The van der Waals surface area contributed by atoms with Gasteiger partial charge in [-0.25, -0.2) is 4.79 Å². The highest BCUT2D eigenvalue weighted by Gasteiger charge is 2.17. The van der Waals surface area contributed by atoms with E-state index in [2.05, 4.69) is 20.9 Å². The maximum absolute atomic E-state index is 12.4. The second-order valence-electron chi connectivity index (χ2n) is 5.04. The lowest BCUT2D eigenvalue weighted by atomic mass is 10.1. The van der Waals surface area contributed by atoms with Crippen LogP contribution in [-0.2, 0) is 10.5 Å². The monoisotopic (exact) mass is 455 g/mol. The number of benzene rings is 1. The number of halogens is 1. The SMILES string of the molecule is O=C(COC(=O)c1ccccc1CSC1=NCCS1)c1ccc(Br)s1. The molecule has 0 bridgehead atoms. The Labute approximate surface area is 166 Å². The molecule has 1 aromatic carbocycles. The number of carbonyl (C=O) groups excluding carboxylic acids is 2. The smallest absolute Gasteiger partial charge is 0.338 e. The summed E-state index contributed by atoms with van der Waals surface area (Å²) in [6.45, 7) is 0.605. The largest absolute Gasteiger partial charge is 0.454 e. The third-order valence-electron chi connectivity index (χ3n) is 3.33. The van der Waals surface area contributed by atoms with Crippen LogP contribution in [0.4, 0.5) is 0 Å². The Balaban J connectivity index is 1.60. The number of rotatable bonds is 6. The molecule has 2 heterocycles. The maximum Gasteiger partial charge on any atom is 0.338 e. The number of Topliss-reactive ketones (excluding diaryl/α,β-unsaturated/α-hetero) is 1. The van der Waals surface area contributed by atoms with Crippen LogP contribution in [0.15, 0.2) is 45.2 Å². The van der Waals surface area contributed by atoms with Crippen molar-refractivity contribution in [2.75, 3.05) is 18.9 Å². The molecule has 0 fully saturated rings. The number of hydrogen-bond donors (Lipinski definition) is 0. The molecule has 0 N–H and O–H groups in total. The molecule has 8 heteroatoms.